The fourth-order valence-electron chi connectivity index (χ4n) is 2.98. The molecular weight excluding hydrogens is 310 g/mol. The van der Waals surface area contributed by atoms with E-state index >= 15 is 0 Å². The summed E-state index contributed by atoms with van der Waals surface area (Å²) < 4.78 is 0. The highest BCUT2D eigenvalue weighted by Crippen LogP contribution is 2.25. The average Bonchev–Trinajstić information content (AvgIpc) is 3.10. The topological polar surface area (TPSA) is 45.2 Å². The molecule has 2 aromatic rings. The van der Waals surface area contributed by atoms with E-state index in [2.05, 4.69) is 10.3 Å². The molecule has 1 heterocycles. The minimum Gasteiger partial charge on any atom is -0.316 e. The van der Waals surface area contributed by atoms with E-state index in [4.69, 9.17) is 11.6 Å². The van der Waals surface area contributed by atoms with E-state index in [1.807, 2.05) is 35.2 Å². The lowest BCUT2D eigenvalue weighted by Crippen LogP contribution is -2.41. The van der Waals surface area contributed by atoms with Crippen LogP contribution in [-0.4, -0.2) is 22.0 Å². The molecule has 120 valence electrons. The maximum atomic E-state index is 12.7. The van der Waals surface area contributed by atoms with Gasteiger partial charge in [0.15, 0.2) is 0 Å². The Kier molecular flexibility index (Phi) is 5.13. The van der Waals surface area contributed by atoms with Gasteiger partial charge < -0.3 is 10.2 Å². The van der Waals surface area contributed by atoms with Crippen LogP contribution in [0.15, 0.2) is 48.7 Å². The Morgan fingerprint density at radius 3 is 2.57 bits per heavy atom. The highest BCUT2D eigenvalue weighted by Gasteiger charge is 2.27. The Balaban J connectivity index is 1.73. The molecule has 4 nitrogen and oxygen atoms in total. The monoisotopic (exact) mass is 329 g/mol. The SMILES string of the molecule is O=C(Nc1ccc(Cl)cc1)N(Cc1ccccn1)C1CCCC1. The summed E-state index contributed by atoms with van der Waals surface area (Å²) in [6.07, 6.45) is 6.23. The van der Waals surface area contributed by atoms with Gasteiger partial charge in [0.25, 0.3) is 0 Å². The van der Waals surface area contributed by atoms with Crippen molar-refractivity contribution in [3.8, 4) is 0 Å². The van der Waals surface area contributed by atoms with Gasteiger partial charge in [0.1, 0.15) is 0 Å². The third-order valence-electron chi connectivity index (χ3n) is 4.18. The number of urea groups is 1. The second-order valence-electron chi connectivity index (χ2n) is 5.82. The van der Waals surface area contributed by atoms with Gasteiger partial charge in [0.05, 0.1) is 12.2 Å². The van der Waals surface area contributed by atoms with Crippen LogP contribution in [0.5, 0.6) is 0 Å². The van der Waals surface area contributed by atoms with Crippen molar-refractivity contribution < 1.29 is 4.79 Å². The fourth-order valence-corrected chi connectivity index (χ4v) is 3.10. The molecule has 1 fully saturated rings. The number of hydrogen-bond acceptors (Lipinski definition) is 2. The number of aromatic nitrogens is 1. The predicted molar refractivity (Wildman–Crippen MR) is 92.5 cm³/mol. The number of hydrogen-bond donors (Lipinski definition) is 1. The lowest BCUT2D eigenvalue weighted by atomic mass is 10.2. The highest BCUT2D eigenvalue weighted by atomic mass is 35.5. The van der Waals surface area contributed by atoms with Crippen molar-refractivity contribution in [3.63, 3.8) is 0 Å². The van der Waals surface area contributed by atoms with Gasteiger partial charge in [-0.05, 0) is 49.2 Å². The molecule has 0 saturated heterocycles. The van der Waals surface area contributed by atoms with Crippen molar-refractivity contribution in [3.05, 3.63) is 59.4 Å². The minimum absolute atomic E-state index is 0.0788. The zero-order valence-electron chi connectivity index (χ0n) is 12.9. The Hall–Kier alpha value is -2.07. The predicted octanol–water partition coefficient (Wildman–Crippen LogP) is 4.71. The lowest BCUT2D eigenvalue weighted by molar-refractivity contribution is 0.183. The molecule has 0 bridgehead atoms. The zero-order chi connectivity index (χ0) is 16.1. The average molecular weight is 330 g/mol. The molecule has 0 aliphatic heterocycles. The van der Waals surface area contributed by atoms with Gasteiger partial charge >= 0.3 is 6.03 Å². The van der Waals surface area contributed by atoms with Gasteiger partial charge in [-0.1, -0.05) is 30.5 Å². The van der Waals surface area contributed by atoms with Crippen molar-refractivity contribution in [1.29, 1.82) is 0 Å². The summed E-state index contributed by atoms with van der Waals surface area (Å²) in [5, 5.41) is 3.62. The van der Waals surface area contributed by atoms with Crippen LogP contribution in [0, 0.1) is 0 Å². The third-order valence-corrected chi connectivity index (χ3v) is 4.43. The van der Waals surface area contributed by atoms with Gasteiger partial charge in [-0.15, -0.1) is 0 Å². The molecule has 3 rings (SSSR count). The first-order valence-corrected chi connectivity index (χ1v) is 8.33. The lowest BCUT2D eigenvalue weighted by Gasteiger charge is -2.29. The summed E-state index contributed by atoms with van der Waals surface area (Å²) in [4.78, 5) is 19.0. The van der Waals surface area contributed by atoms with Gasteiger partial charge in [-0.2, -0.15) is 0 Å². The van der Waals surface area contributed by atoms with Crippen molar-refractivity contribution in [2.75, 3.05) is 5.32 Å². The molecule has 1 N–H and O–H groups in total. The number of nitrogens with one attached hydrogen (secondary N) is 1. The maximum Gasteiger partial charge on any atom is 0.322 e. The minimum atomic E-state index is -0.0788. The number of anilines is 1. The van der Waals surface area contributed by atoms with E-state index in [0.29, 0.717) is 11.6 Å². The molecule has 0 radical (unpaired) electrons. The van der Waals surface area contributed by atoms with Crippen molar-refractivity contribution >= 4 is 23.3 Å². The van der Waals surface area contributed by atoms with Gasteiger partial charge in [0.2, 0.25) is 0 Å². The van der Waals surface area contributed by atoms with Crippen LogP contribution in [-0.2, 0) is 6.54 Å². The summed E-state index contributed by atoms with van der Waals surface area (Å²) in [5.41, 5.74) is 1.66. The van der Waals surface area contributed by atoms with E-state index < -0.39 is 0 Å². The van der Waals surface area contributed by atoms with E-state index in [9.17, 15) is 4.79 Å². The molecule has 1 saturated carbocycles. The number of amides is 2. The Morgan fingerprint density at radius 2 is 1.91 bits per heavy atom. The molecule has 2 amide bonds. The summed E-state index contributed by atoms with van der Waals surface area (Å²) in [6, 6.07) is 13.2. The Morgan fingerprint density at radius 1 is 1.17 bits per heavy atom. The number of carbonyl (C=O) groups excluding carboxylic acids is 1. The Labute approximate surface area is 141 Å². The van der Waals surface area contributed by atoms with Crippen LogP contribution in [0.2, 0.25) is 5.02 Å². The molecule has 23 heavy (non-hydrogen) atoms. The summed E-state index contributed by atoms with van der Waals surface area (Å²) in [5.74, 6) is 0. The van der Waals surface area contributed by atoms with E-state index in [1.54, 1.807) is 18.3 Å². The third kappa shape index (κ3) is 4.23. The van der Waals surface area contributed by atoms with Crippen molar-refractivity contribution in [2.24, 2.45) is 0 Å². The number of benzene rings is 1. The van der Waals surface area contributed by atoms with Crippen LogP contribution >= 0.6 is 11.6 Å². The number of rotatable bonds is 4. The zero-order valence-corrected chi connectivity index (χ0v) is 13.7. The van der Waals surface area contributed by atoms with E-state index in [1.165, 1.54) is 12.8 Å². The molecule has 0 unspecified atom stereocenters. The number of nitrogens with zero attached hydrogens (tertiary/aromatic N) is 2. The fraction of sp³-hybridized carbons (Fsp3) is 0.333. The van der Waals surface area contributed by atoms with E-state index in [-0.39, 0.29) is 12.1 Å². The van der Waals surface area contributed by atoms with Crippen LogP contribution < -0.4 is 5.32 Å². The first kappa shape index (κ1) is 15.8. The second kappa shape index (κ2) is 7.47. The standard InChI is InChI=1S/C18H20ClN3O/c19-14-8-10-15(11-9-14)21-18(23)22(17-6-1-2-7-17)13-16-5-3-4-12-20-16/h3-5,8-12,17H,1-2,6-7,13H2,(H,21,23). The molecular formula is C18H20ClN3O. The molecule has 1 aromatic heterocycles. The Bertz CT molecular complexity index is 639. The molecule has 0 spiro atoms. The van der Waals surface area contributed by atoms with Crippen LogP contribution in [0.3, 0.4) is 0 Å². The first-order valence-electron chi connectivity index (χ1n) is 7.95. The smallest absolute Gasteiger partial charge is 0.316 e. The van der Waals surface area contributed by atoms with Crippen LogP contribution in [0.4, 0.5) is 10.5 Å². The van der Waals surface area contributed by atoms with Crippen molar-refractivity contribution in [1.82, 2.24) is 9.88 Å². The number of pyridine rings is 1. The molecule has 1 aliphatic carbocycles. The molecule has 0 atom stereocenters. The normalized spacial score (nSPS) is 14.7. The number of halogens is 1. The number of carbonyl (C=O) groups is 1. The van der Waals surface area contributed by atoms with Crippen molar-refractivity contribution in [2.45, 2.75) is 38.3 Å². The highest BCUT2D eigenvalue weighted by molar-refractivity contribution is 6.30. The van der Waals surface area contributed by atoms with Crippen LogP contribution in [0.25, 0.3) is 0 Å². The van der Waals surface area contributed by atoms with E-state index in [0.717, 1.165) is 24.2 Å². The largest absolute Gasteiger partial charge is 0.322 e. The summed E-state index contributed by atoms with van der Waals surface area (Å²) in [7, 11) is 0. The maximum absolute atomic E-state index is 12.7. The molecule has 5 heteroatoms. The first-order chi connectivity index (χ1) is 11.2. The van der Waals surface area contributed by atoms with Crippen LogP contribution in [0.1, 0.15) is 31.4 Å². The van der Waals surface area contributed by atoms with Gasteiger partial charge in [0, 0.05) is 22.9 Å². The van der Waals surface area contributed by atoms with Gasteiger partial charge in [-0.25, -0.2) is 4.79 Å². The molecule has 1 aromatic carbocycles. The quantitative estimate of drug-likeness (QED) is 0.882. The summed E-state index contributed by atoms with van der Waals surface area (Å²) >= 11 is 5.89. The second-order valence-corrected chi connectivity index (χ2v) is 6.26. The van der Waals surface area contributed by atoms with Gasteiger partial charge in [-0.3, -0.25) is 4.98 Å². The molecule has 1 aliphatic rings. The summed E-state index contributed by atoms with van der Waals surface area (Å²) in [6.45, 7) is 0.533.